The van der Waals surface area contributed by atoms with Crippen molar-refractivity contribution in [1.29, 1.82) is 0 Å². The van der Waals surface area contributed by atoms with Crippen LogP contribution in [0.1, 0.15) is 15.9 Å². The number of hydrogen-bond acceptors (Lipinski definition) is 4. The van der Waals surface area contributed by atoms with Crippen LogP contribution in [0.25, 0.3) is 0 Å². The van der Waals surface area contributed by atoms with Crippen LogP contribution in [-0.4, -0.2) is 46.5 Å². The Balaban J connectivity index is 2.38. The molecule has 0 heterocycles. The molecular weight excluding hydrogens is 414 g/mol. The summed E-state index contributed by atoms with van der Waals surface area (Å²) in [5, 5.41) is 0.146. The van der Waals surface area contributed by atoms with Crippen molar-refractivity contribution < 1.29 is 26.7 Å². The average molecular weight is 433 g/mol. The molecule has 0 aromatic heterocycles. The molecule has 0 fully saturated rings. The fourth-order valence-corrected chi connectivity index (χ4v) is 3.50. The standard InChI is InChI=1S/C18H19ClF2N2O4S/c1-22-28(25,26)17-9-12(4-6-16(17)21)18(24)23(7-8-27-2)11-13-3-5-14(20)10-15(13)19/h3-6,9-10,22H,7-8,11H2,1-2H3. The molecule has 0 unspecified atom stereocenters. The lowest BCUT2D eigenvalue weighted by molar-refractivity contribution is 0.0680. The maximum Gasteiger partial charge on any atom is 0.254 e. The SMILES string of the molecule is CNS(=O)(=O)c1cc(C(=O)N(CCOC)Cc2ccc(F)cc2Cl)ccc1F. The van der Waals surface area contributed by atoms with Gasteiger partial charge in [-0.05, 0) is 42.9 Å². The van der Waals surface area contributed by atoms with E-state index in [1.165, 1.54) is 30.2 Å². The Morgan fingerprint density at radius 1 is 1.21 bits per heavy atom. The molecule has 0 saturated heterocycles. The van der Waals surface area contributed by atoms with Crippen LogP contribution in [0.15, 0.2) is 41.3 Å². The Kier molecular flexibility index (Phi) is 7.48. The summed E-state index contributed by atoms with van der Waals surface area (Å²) < 4.78 is 58.1. The predicted molar refractivity (Wildman–Crippen MR) is 101 cm³/mol. The second kappa shape index (κ2) is 9.42. The van der Waals surface area contributed by atoms with Gasteiger partial charge in [-0.25, -0.2) is 21.9 Å². The Hall–Kier alpha value is -2.07. The predicted octanol–water partition coefficient (Wildman–Crippen LogP) is 2.82. The average Bonchev–Trinajstić information content (AvgIpc) is 2.66. The highest BCUT2D eigenvalue weighted by molar-refractivity contribution is 7.89. The summed E-state index contributed by atoms with van der Waals surface area (Å²) in [5.41, 5.74) is 0.474. The molecule has 2 aromatic carbocycles. The van der Waals surface area contributed by atoms with E-state index in [0.29, 0.717) is 5.56 Å². The van der Waals surface area contributed by atoms with Gasteiger partial charge in [0.05, 0.1) is 6.61 Å². The fourth-order valence-electron chi connectivity index (χ4n) is 2.44. The highest BCUT2D eigenvalue weighted by Gasteiger charge is 2.23. The largest absolute Gasteiger partial charge is 0.383 e. The van der Waals surface area contributed by atoms with Gasteiger partial charge in [0.15, 0.2) is 0 Å². The molecule has 152 valence electrons. The molecule has 10 heteroatoms. The highest BCUT2D eigenvalue weighted by atomic mass is 35.5. The second-order valence-electron chi connectivity index (χ2n) is 5.81. The van der Waals surface area contributed by atoms with Gasteiger partial charge >= 0.3 is 0 Å². The van der Waals surface area contributed by atoms with Crippen molar-refractivity contribution in [2.75, 3.05) is 27.3 Å². The summed E-state index contributed by atoms with van der Waals surface area (Å²) in [6, 6.07) is 6.87. The van der Waals surface area contributed by atoms with Gasteiger partial charge in [-0.3, -0.25) is 4.79 Å². The summed E-state index contributed by atoms with van der Waals surface area (Å²) >= 11 is 6.04. The van der Waals surface area contributed by atoms with Gasteiger partial charge in [0.25, 0.3) is 5.91 Å². The molecule has 0 atom stereocenters. The minimum atomic E-state index is -4.08. The van der Waals surface area contributed by atoms with Crippen LogP contribution >= 0.6 is 11.6 Å². The number of rotatable bonds is 8. The van der Waals surface area contributed by atoms with E-state index in [2.05, 4.69) is 0 Å². The minimum Gasteiger partial charge on any atom is -0.383 e. The molecule has 2 aromatic rings. The van der Waals surface area contributed by atoms with E-state index < -0.39 is 32.5 Å². The van der Waals surface area contributed by atoms with Crippen molar-refractivity contribution in [3.8, 4) is 0 Å². The zero-order chi connectivity index (χ0) is 20.9. The summed E-state index contributed by atoms with van der Waals surface area (Å²) in [4.78, 5) is 13.6. The summed E-state index contributed by atoms with van der Waals surface area (Å²) in [5.74, 6) is -2.04. The number of nitrogens with zero attached hydrogens (tertiary/aromatic N) is 1. The van der Waals surface area contributed by atoms with Crippen molar-refractivity contribution >= 4 is 27.5 Å². The first-order chi connectivity index (χ1) is 13.2. The molecule has 2 rings (SSSR count). The zero-order valence-electron chi connectivity index (χ0n) is 15.2. The summed E-state index contributed by atoms with van der Waals surface area (Å²) in [6.45, 7) is 0.398. The first-order valence-corrected chi connectivity index (χ1v) is 10.0. The lowest BCUT2D eigenvalue weighted by Crippen LogP contribution is -2.34. The molecule has 0 bridgehead atoms. The van der Waals surface area contributed by atoms with Crippen LogP contribution in [0.4, 0.5) is 8.78 Å². The molecule has 1 amide bonds. The van der Waals surface area contributed by atoms with Gasteiger partial charge in [-0.15, -0.1) is 0 Å². The number of nitrogens with one attached hydrogen (secondary N) is 1. The van der Waals surface area contributed by atoms with Crippen LogP contribution in [-0.2, 0) is 21.3 Å². The Morgan fingerprint density at radius 2 is 1.93 bits per heavy atom. The third-order valence-corrected chi connectivity index (χ3v) is 5.75. The molecular formula is C18H19ClF2N2O4S. The number of amides is 1. The van der Waals surface area contributed by atoms with Gasteiger partial charge < -0.3 is 9.64 Å². The molecule has 6 nitrogen and oxygen atoms in total. The Morgan fingerprint density at radius 3 is 2.54 bits per heavy atom. The van der Waals surface area contributed by atoms with Crippen molar-refractivity contribution in [3.05, 3.63) is 64.2 Å². The molecule has 0 aliphatic heterocycles. The normalized spacial score (nSPS) is 11.5. The number of benzene rings is 2. The third-order valence-electron chi connectivity index (χ3n) is 3.97. The van der Waals surface area contributed by atoms with Gasteiger partial charge in [0.2, 0.25) is 10.0 Å². The first-order valence-electron chi connectivity index (χ1n) is 8.15. The van der Waals surface area contributed by atoms with Crippen molar-refractivity contribution in [1.82, 2.24) is 9.62 Å². The lowest BCUT2D eigenvalue weighted by Gasteiger charge is -2.23. The Labute approximate surface area is 167 Å². The second-order valence-corrected chi connectivity index (χ2v) is 8.07. The quantitative estimate of drug-likeness (QED) is 0.696. The topological polar surface area (TPSA) is 75.7 Å². The van der Waals surface area contributed by atoms with Crippen LogP contribution in [0.5, 0.6) is 0 Å². The number of carbonyl (C=O) groups is 1. The van der Waals surface area contributed by atoms with E-state index >= 15 is 0 Å². The maximum absolute atomic E-state index is 13.9. The zero-order valence-corrected chi connectivity index (χ0v) is 16.8. The van der Waals surface area contributed by atoms with Gasteiger partial charge in [-0.1, -0.05) is 17.7 Å². The smallest absolute Gasteiger partial charge is 0.254 e. The molecule has 0 aliphatic carbocycles. The summed E-state index contributed by atoms with van der Waals surface area (Å²) in [6.07, 6.45) is 0. The van der Waals surface area contributed by atoms with Crippen molar-refractivity contribution in [2.45, 2.75) is 11.4 Å². The minimum absolute atomic E-state index is 0.0236. The monoisotopic (exact) mass is 432 g/mol. The number of methoxy groups -OCH3 is 1. The van der Waals surface area contributed by atoms with E-state index in [0.717, 1.165) is 25.2 Å². The molecule has 28 heavy (non-hydrogen) atoms. The first kappa shape index (κ1) is 22.2. The third kappa shape index (κ3) is 5.26. The fraction of sp³-hybridized carbons (Fsp3) is 0.278. The molecule has 0 saturated carbocycles. The molecule has 1 N–H and O–H groups in total. The van der Waals surface area contributed by atoms with Crippen LogP contribution in [0.2, 0.25) is 5.02 Å². The lowest BCUT2D eigenvalue weighted by atomic mass is 10.1. The van der Waals surface area contributed by atoms with E-state index in [4.69, 9.17) is 16.3 Å². The molecule has 0 aliphatic rings. The van der Waals surface area contributed by atoms with Crippen LogP contribution in [0, 0.1) is 11.6 Å². The number of ether oxygens (including phenoxy) is 1. The van der Waals surface area contributed by atoms with E-state index in [1.807, 2.05) is 4.72 Å². The van der Waals surface area contributed by atoms with E-state index in [9.17, 15) is 22.0 Å². The van der Waals surface area contributed by atoms with Crippen molar-refractivity contribution in [3.63, 3.8) is 0 Å². The number of sulfonamides is 1. The molecule has 0 spiro atoms. The molecule has 0 radical (unpaired) electrons. The van der Waals surface area contributed by atoms with Gasteiger partial charge in [0, 0.05) is 30.8 Å². The number of halogens is 3. The Bertz CT molecular complexity index is 970. The summed E-state index contributed by atoms with van der Waals surface area (Å²) in [7, 11) is -1.48. The number of carbonyl (C=O) groups excluding carboxylic acids is 1. The van der Waals surface area contributed by atoms with Crippen molar-refractivity contribution in [2.24, 2.45) is 0 Å². The highest BCUT2D eigenvalue weighted by Crippen LogP contribution is 2.22. The van der Waals surface area contributed by atoms with E-state index in [1.54, 1.807) is 0 Å². The van der Waals surface area contributed by atoms with Crippen LogP contribution < -0.4 is 4.72 Å². The maximum atomic E-state index is 13.9. The van der Waals surface area contributed by atoms with E-state index in [-0.39, 0.29) is 30.3 Å². The van der Waals surface area contributed by atoms with Gasteiger partial charge in [0.1, 0.15) is 16.5 Å². The van der Waals surface area contributed by atoms with Crippen LogP contribution in [0.3, 0.4) is 0 Å². The van der Waals surface area contributed by atoms with Gasteiger partial charge in [-0.2, -0.15) is 0 Å². The number of hydrogen-bond donors (Lipinski definition) is 1.